The lowest BCUT2D eigenvalue weighted by molar-refractivity contribution is -0.136. The molecular weight excluding hydrogens is 319 g/mol. The second-order valence-electron chi connectivity index (χ2n) is 2.99. The molecule has 1 aromatic rings. The van der Waals surface area contributed by atoms with Crippen molar-refractivity contribution in [3.63, 3.8) is 0 Å². The van der Waals surface area contributed by atoms with Gasteiger partial charge in [0.2, 0.25) is 0 Å². The van der Waals surface area contributed by atoms with E-state index < -0.39 is 24.5 Å². The van der Waals surface area contributed by atoms with Crippen LogP contribution in [0.4, 0.5) is 8.78 Å². The molecule has 0 aliphatic rings. The number of alkyl halides is 2. The molecule has 0 fully saturated rings. The van der Waals surface area contributed by atoms with E-state index in [2.05, 4.69) is 4.98 Å². The largest absolute Gasteiger partial charge is 0.481 e. The Labute approximate surface area is 98.7 Å². The maximum atomic E-state index is 12.5. The van der Waals surface area contributed by atoms with Crippen molar-refractivity contribution in [3.8, 4) is 0 Å². The molecule has 1 aromatic heterocycles. The van der Waals surface area contributed by atoms with Crippen LogP contribution in [0.5, 0.6) is 0 Å². The van der Waals surface area contributed by atoms with Crippen molar-refractivity contribution in [2.45, 2.75) is 19.8 Å². The lowest BCUT2D eigenvalue weighted by Crippen LogP contribution is -2.09. The van der Waals surface area contributed by atoms with Gasteiger partial charge in [0, 0.05) is 15.3 Å². The molecule has 0 aliphatic heterocycles. The first-order chi connectivity index (χ1) is 6.93. The van der Waals surface area contributed by atoms with Gasteiger partial charge in [0.15, 0.2) is 0 Å². The zero-order valence-corrected chi connectivity index (χ0v) is 9.96. The first-order valence-electron chi connectivity index (χ1n) is 4.07. The van der Waals surface area contributed by atoms with Crippen LogP contribution in [0, 0.1) is 10.5 Å². The van der Waals surface area contributed by atoms with Crippen LogP contribution in [0.2, 0.25) is 0 Å². The van der Waals surface area contributed by atoms with Gasteiger partial charge in [-0.1, -0.05) is 0 Å². The summed E-state index contributed by atoms with van der Waals surface area (Å²) in [5.74, 6) is -1.14. The van der Waals surface area contributed by atoms with Crippen LogP contribution in [-0.4, -0.2) is 16.1 Å². The fraction of sp³-hybridized carbons (Fsp3) is 0.333. The van der Waals surface area contributed by atoms with Gasteiger partial charge in [-0.05, 0) is 35.1 Å². The number of hydrogen-bond donors (Lipinski definition) is 1. The SMILES string of the molecule is Cc1cnc(C(F)F)c(CC(=O)O)c1I. The molecule has 6 heteroatoms. The molecule has 1 rings (SSSR count). The molecule has 0 saturated heterocycles. The number of carboxylic acid groups (broad SMARTS) is 1. The molecule has 0 atom stereocenters. The maximum absolute atomic E-state index is 12.5. The highest BCUT2D eigenvalue weighted by atomic mass is 127. The van der Waals surface area contributed by atoms with E-state index in [0.717, 1.165) is 0 Å². The molecule has 3 nitrogen and oxygen atoms in total. The molecule has 0 spiro atoms. The molecule has 0 saturated carbocycles. The quantitative estimate of drug-likeness (QED) is 0.868. The number of rotatable bonds is 3. The summed E-state index contributed by atoms with van der Waals surface area (Å²) in [5.41, 5.74) is 0.377. The first kappa shape index (κ1) is 12.3. The fourth-order valence-corrected chi connectivity index (χ4v) is 1.77. The van der Waals surface area contributed by atoms with Crippen molar-refractivity contribution in [3.05, 3.63) is 26.6 Å². The van der Waals surface area contributed by atoms with E-state index in [1.165, 1.54) is 6.20 Å². The van der Waals surface area contributed by atoms with Gasteiger partial charge in [-0.2, -0.15) is 0 Å². The van der Waals surface area contributed by atoms with Crippen molar-refractivity contribution in [1.82, 2.24) is 4.98 Å². The third-order valence-corrected chi connectivity index (χ3v) is 3.35. The Balaban J connectivity index is 3.28. The van der Waals surface area contributed by atoms with Crippen LogP contribution in [-0.2, 0) is 11.2 Å². The Bertz CT molecular complexity index is 396. The third-order valence-electron chi connectivity index (χ3n) is 1.85. The van der Waals surface area contributed by atoms with Gasteiger partial charge in [-0.3, -0.25) is 9.78 Å². The molecule has 0 bridgehead atoms. The Kier molecular flexibility index (Phi) is 3.95. The van der Waals surface area contributed by atoms with E-state index in [1.54, 1.807) is 6.92 Å². The number of hydrogen-bond acceptors (Lipinski definition) is 2. The molecule has 15 heavy (non-hydrogen) atoms. The predicted molar refractivity (Wildman–Crippen MR) is 58.0 cm³/mol. The smallest absolute Gasteiger partial charge is 0.307 e. The molecule has 0 amide bonds. The Morgan fingerprint density at radius 1 is 1.67 bits per heavy atom. The summed E-state index contributed by atoms with van der Waals surface area (Å²) in [7, 11) is 0. The van der Waals surface area contributed by atoms with Gasteiger partial charge >= 0.3 is 5.97 Å². The standard InChI is InChI=1S/C9H8F2INO2/c1-4-3-13-8(9(10)11)5(7(4)12)2-6(14)15/h3,9H,2H2,1H3,(H,14,15). The van der Waals surface area contributed by atoms with Crippen LogP contribution >= 0.6 is 22.6 Å². The lowest BCUT2D eigenvalue weighted by atomic mass is 10.1. The second kappa shape index (κ2) is 4.82. The van der Waals surface area contributed by atoms with E-state index in [-0.39, 0.29) is 5.56 Å². The second-order valence-corrected chi connectivity index (χ2v) is 4.07. The summed E-state index contributed by atoms with van der Waals surface area (Å²) in [6.07, 6.45) is -1.84. The molecule has 0 aromatic carbocycles. The average Bonchev–Trinajstić information content (AvgIpc) is 2.12. The topological polar surface area (TPSA) is 50.2 Å². The van der Waals surface area contributed by atoms with Gasteiger partial charge in [0.25, 0.3) is 6.43 Å². The minimum Gasteiger partial charge on any atom is -0.481 e. The average molecular weight is 327 g/mol. The molecule has 0 aliphatic carbocycles. The zero-order valence-electron chi connectivity index (χ0n) is 7.80. The summed E-state index contributed by atoms with van der Waals surface area (Å²) < 4.78 is 25.6. The van der Waals surface area contributed by atoms with Crippen molar-refractivity contribution >= 4 is 28.6 Å². The van der Waals surface area contributed by atoms with Gasteiger partial charge in [-0.15, -0.1) is 0 Å². The number of aryl methyl sites for hydroxylation is 1. The van der Waals surface area contributed by atoms with Crippen LogP contribution in [0.15, 0.2) is 6.20 Å². The highest BCUT2D eigenvalue weighted by Gasteiger charge is 2.20. The van der Waals surface area contributed by atoms with Crippen LogP contribution in [0.3, 0.4) is 0 Å². The molecule has 82 valence electrons. The van der Waals surface area contributed by atoms with Crippen molar-refractivity contribution < 1.29 is 18.7 Å². The van der Waals surface area contributed by atoms with Crippen LogP contribution < -0.4 is 0 Å². The molecule has 1 heterocycles. The van der Waals surface area contributed by atoms with Gasteiger partial charge in [0.05, 0.1) is 6.42 Å². The number of carbonyl (C=O) groups is 1. The van der Waals surface area contributed by atoms with Gasteiger partial charge in [-0.25, -0.2) is 8.78 Å². The Morgan fingerprint density at radius 2 is 2.27 bits per heavy atom. The van der Waals surface area contributed by atoms with Crippen LogP contribution in [0.1, 0.15) is 23.2 Å². The summed E-state index contributed by atoms with van der Waals surface area (Å²) >= 11 is 1.86. The highest BCUT2D eigenvalue weighted by molar-refractivity contribution is 14.1. The summed E-state index contributed by atoms with van der Waals surface area (Å²) in [5, 5.41) is 8.61. The van der Waals surface area contributed by atoms with Crippen molar-refractivity contribution in [2.24, 2.45) is 0 Å². The van der Waals surface area contributed by atoms with Gasteiger partial charge < -0.3 is 5.11 Å². The summed E-state index contributed by atoms with van der Waals surface area (Å²) in [4.78, 5) is 14.1. The number of halogens is 3. The van der Waals surface area contributed by atoms with E-state index >= 15 is 0 Å². The Hall–Kier alpha value is -0.790. The summed E-state index contributed by atoms with van der Waals surface area (Å²) in [6, 6.07) is 0. The predicted octanol–water partition coefficient (Wildman–Crippen LogP) is 2.56. The van der Waals surface area contributed by atoms with E-state index in [9.17, 15) is 13.6 Å². The summed E-state index contributed by atoms with van der Waals surface area (Å²) in [6.45, 7) is 1.70. The number of aliphatic carboxylic acids is 1. The minimum absolute atomic E-state index is 0.109. The van der Waals surface area contributed by atoms with E-state index in [0.29, 0.717) is 9.13 Å². The van der Waals surface area contributed by atoms with Crippen LogP contribution in [0.25, 0.3) is 0 Å². The number of nitrogens with zero attached hydrogens (tertiary/aromatic N) is 1. The highest BCUT2D eigenvalue weighted by Crippen LogP contribution is 2.26. The molecule has 0 radical (unpaired) electrons. The molecule has 0 unspecified atom stereocenters. The molecule has 1 N–H and O–H groups in total. The van der Waals surface area contributed by atoms with Crippen molar-refractivity contribution in [2.75, 3.05) is 0 Å². The van der Waals surface area contributed by atoms with E-state index in [4.69, 9.17) is 5.11 Å². The Morgan fingerprint density at radius 3 is 2.73 bits per heavy atom. The lowest BCUT2D eigenvalue weighted by Gasteiger charge is -2.10. The fourth-order valence-electron chi connectivity index (χ4n) is 1.16. The number of carboxylic acids is 1. The first-order valence-corrected chi connectivity index (χ1v) is 5.15. The normalized spacial score (nSPS) is 10.7. The maximum Gasteiger partial charge on any atom is 0.307 e. The monoisotopic (exact) mass is 327 g/mol. The van der Waals surface area contributed by atoms with Crippen molar-refractivity contribution in [1.29, 1.82) is 0 Å². The zero-order chi connectivity index (χ0) is 11.6. The van der Waals surface area contributed by atoms with E-state index in [1.807, 2.05) is 22.6 Å². The number of pyridine rings is 1. The number of aromatic nitrogens is 1. The third kappa shape index (κ3) is 2.83. The molecular formula is C9H8F2INO2. The minimum atomic E-state index is -2.74. The van der Waals surface area contributed by atoms with Gasteiger partial charge in [0.1, 0.15) is 5.69 Å².